The van der Waals surface area contributed by atoms with Crippen molar-refractivity contribution in [3.05, 3.63) is 34.3 Å². The number of rotatable bonds is 4. The van der Waals surface area contributed by atoms with Crippen LogP contribution in [0.5, 0.6) is 0 Å². The van der Waals surface area contributed by atoms with Crippen molar-refractivity contribution in [2.24, 2.45) is 0 Å². The minimum absolute atomic E-state index is 0.0332. The Morgan fingerprint density at radius 3 is 2.50 bits per heavy atom. The summed E-state index contributed by atoms with van der Waals surface area (Å²) in [7, 11) is 0. The first kappa shape index (κ1) is 13.4. The summed E-state index contributed by atoms with van der Waals surface area (Å²) < 4.78 is 0. The minimum Gasteiger partial charge on any atom is -0.478 e. The van der Waals surface area contributed by atoms with Crippen LogP contribution in [0.4, 0.5) is 0 Å². The number of carbonyl (C=O) groups is 1. The van der Waals surface area contributed by atoms with E-state index in [4.69, 9.17) is 16.7 Å². The molecule has 1 rings (SSSR count). The zero-order valence-corrected chi connectivity index (χ0v) is 10.4. The summed E-state index contributed by atoms with van der Waals surface area (Å²) >= 11 is 8.76. The number of carboxylic acids is 1. The molecule has 0 saturated heterocycles. The van der Waals surface area contributed by atoms with E-state index in [1.165, 1.54) is 18.2 Å². The number of aromatic carboxylic acids is 1. The molecule has 16 heavy (non-hydrogen) atoms. The Hall–Kier alpha value is -0.620. The fraction of sp³-hybridized carbons (Fsp3) is 0.300. The third kappa shape index (κ3) is 2.95. The molecule has 6 heteroatoms. The molecule has 1 aromatic rings. The van der Waals surface area contributed by atoms with Crippen molar-refractivity contribution in [3.8, 4) is 0 Å². The summed E-state index contributed by atoms with van der Waals surface area (Å²) in [5.41, 5.74) is 0.341. The van der Waals surface area contributed by atoms with Gasteiger partial charge in [0.2, 0.25) is 0 Å². The normalized spacial score (nSPS) is 14.5. The molecular weight excluding hydrogens is 299 g/mol. The maximum Gasteiger partial charge on any atom is 0.337 e. The average molecular weight is 310 g/mol. The lowest BCUT2D eigenvalue weighted by atomic mass is 10.0. The Bertz CT molecular complexity index is 396. The van der Waals surface area contributed by atoms with Crippen LogP contribution in [-0.2, 0) is 0 Å². The summed E-state index contributed by atoms with van der Waals surface area (Å²) in [4.78, 5) is 10.7. The van der Waals surface area contributed by atoms with E-state index in [0.717, 1.165) is 0 Å². The molecule has 0 radical (unpaired) electrons. The van der Waals surface area contributed by atoms with Crippen LogP contribution in [0.15, 0.2) is 18.2 Å². The SMILES string of the molecule is O=C(O)c1ccc(C(O)C(O)CBr)cc1Cl. The maximum absolute atomic E-state index is 10.7. The first-order chi connectivity index (χ1) is 7.47. The third-order valence-corrected chi connectivity index (χ3v) is 3.06. The van der Waals surface area contributed by atoms with Gasteiger partial charge in [0, 0.05) is 5.33 Å². The molecule has 0 aromatic heterocycles. The number of aliphatic hydroxyl groups excluding tert-OH is 2. The zero-order chi connectivity index (χ0) is 12.3. The van der Waals surface area contributed by atoms with Gasteiger partial charge in [0.15, 0.2) is 0 Å². The Morgan fingerprint density at radius 2 is 2.06 bits per heavy atom. The lowest BCUT2D eigenvalue weighted by Crippen LogP contribution is -2.19. The predicted octanol–water partition coefficient (Wildman–Crippen LogP) is 1.83. The molecule has 0 amide bonds. The second-order valence-electron chi connectivity index (χ2n) is 3.21. The minimum atomic E-state index is -1.13. The first-order valence-electron chi connectivity index (χ1n) is 4.42. The lowest BCUT2D eigenvalue weighted by molar-refractivity contribution is 0.0342. The van der Waals surface area contributed by atoms with Crippen LogP contribution < -0.4 is 0 Å². The van der Waals surface area contributed by atoms with Gasteiger partial charge < -0.3 is 15.3 Å². The number of carboxylic acid groups (broad SMARTS) is 1. The van der Waals surface area contributed by atoms with Crippen molar-refractivity contribution in [2.45, 2.75) is 12.2 Å². The van der Waals surface area contributed by atoms with Gasteiger partial charge in [-0.15, -0.1) is 0 Å². The van der Waals surface area contributed by atoms with Crippen LogP contribution in [0.1, 0.15) is 22.0 Å². The maximum atomic E-state index is 10.7. The molecule has 3 N–H and O–H groups in total. The number of halogens is 2. The molecule has 4 nitrogen and oxygen atoms in total. The first-order valence-corrected chi connectivity index (χ1v) is 5.92. The second-order valence-corrected chi connectivity index (χ2v) is 4.27. The van der Waals surface area contributed by atoms with Gasteiger partial charge in [0.05, 0.1) is 16.7 Å². The van der Waals surface area contributed by atoms with Gasteiger partial charge in [-0.2, -0.15) is 0 Å². The van der Waals surface area contributed by atoms with E-state index in [0.29, 0.717) is 5.56 Å². The van der Waals surface area contributed by atoms with Gasteiger partial charge in [-0.25, -0.2) is 4.79 Å². The summed E-state index contributed by atoms with van der Waals surface area (Å²) in [5, 5.41) is 28.0. The molecule has 88 valence electrons. The molecule has 0 bridgehead atoms. The van der Waals surface area contributed by atoms with Crippen molar-refractivity contribution >= 4 is 33.5 Å². The van der Waals surface area contributed by atoms with E-state index in [2.05, 4.69) is 15.9 Å². The van der Waals surface area contributed by atoms with Crippen LogP contribution >= 0.6 is 27.5 Å². The van der Waals surface area contributed by atoms with E-state index in [1.807, 2.05) is 0 Å². The topological polar surface area (TPSA) is 77.8 Å². The summed E-state index contributed by atoms with van der Waals surface area (Å²) in [6.07, 6.45) is -2.06. The lowest BCUT2D eigenvalue weighted by Gasteiger charge is -2.16. The van der Waals surface area contributed by atoms with E-state index in [-0.39, 0.29) is 15.9 Å². The fourth-order valence-corrected chi connectivity index (χ4v) is 1.82. The van der Waals surface area contributed by atoms with Crippen molar-refractivity contribution in [2.75, 3.05) is 5.33 Å². The van der Waals surface area contributed by atoms with Crippen molar-refractivity contribution in [1.29, 1.82) is 0 Å². The summed E-state index contributed by atoms with van der Waals surface area (Å²) in [6.45, 7) is 0. The number of benzene rings is 1. The van der Waals surface area contributed by atoms with Crippen molar-refractivity contribution < 1.29 is 20.1 Å². The molecule has 0 heterocycles. The van der Waals surface area contributed by atoms with Crippen LogP contribution in [0.2, 0.25) is 5.02 Å². The predicted molar refractivity (Wildman–Crippen MR) is 63.2 cm³/mol. The molecule has 1 aromatic carbocycles. The largest absolute Gasteiger partial charge is 0.478 e. The highest BCUT2D eigenvalue weighted by molar-refractivity contribution is 9.09. The number of aliphatic hydroxyl groups is 2. The highest BCUT2D eigenvalue weighted by Gasteiger charge is 2.19. The van der Waals surface area contributed by atoms with Gasteiger partial charge in [0.1, 0.15) is 6.10 Å². The van der Waals surface area contributed by atoms with Gasteiger partial charge in [-0.1, -0.05) is 33.6 Å². The molecule has 0 aliphatic heterocycles. The second kappa shape index (κ2) is 5.63. The van der Waals surface area contributed by atoms with Gasteiger partial charge >= 0.3 is 5.97 Å². The smallest absolute Gasteiger partial charge is 0.337 e. The molecule has 0 saturated carbocycles. The molecule has 2 atom stereocenters. The van der Waals surface area contributed by atoms with E-state index in [1.54, 1.807) is 0 Å². The quantitative estimate of drug-likeness (QED) is 0.742. The Kier molecular flexibility index (Phi) is 4.73. The number of hydrogen-bond acceptors (Lipinski definition) is 3. The molecule has 0 aliphatic rings. The van der Waals surface area contributed by atoms with Crippen LogP contribution in [0, 0.1) is 0 Å². The summed E-state index contributed by atoms with van der Waals surface area (Å²) in [5.74, 6) is -1.13. The van der Waals surface area contributed by atoms with Gasteiger partial charge in [-0.05, 0) is 17.7 Å². The Labute approximate surface area is 106 Å². The van der Waals surface area contributed by atoms with E-state index in [9.17, 15) is 15.0 Å². The zero-order valence-electron chi connectivity index (χ0n) is 8.10. The third-order valence-electron chi connectivity index (χ3n) is 2.09. The Balaban J connectivity index is 3.01. The van der Waals surface area contributed by atoms with Crippen LogP contribution in [0.3, 0.4) is 0 Å². The molecule has 0 fully saturated rings. The van der Waals surface area contributed by atoms with Gasteiger partial charge in [-0.3, -0.25) is 0 Å². The molecule has 0 aliphatic carbocycles. The molecule has 0 spiro atoms. The highest BCUT2D eigenvalue weighted by atomic mass is 79.9. The molecule has 2 unspecified atom stereocenters. The monoisotopic (exact) mass is 308 g/mol. The number of hydrogen-bond donors (Lipinski definition) is 3. The van der Waals surface area contributed by atoms with Crippen LogP contribution in [-0.4, -0.2) is 32.7 Å². The Morgan fingerprint density at radius 1 is 1.44 bits per heavy atom. The fourth-order valence-electron chi connectivity index (χ4n) is 1.20. The van der Waals surface area contributed by atoms with Crippen molar-refractivity contribution in [1.82, 2.24) is 0 Å². The van der Waals surface area contributed by atoms with Gasteiger partial charge in [0.25, 0.3) is 0 Å². The van der Waals surface area contributed by atoms with E-state index >= 15 is 0 Å². The average Bonchev–Trinajstić information content (AvgIpc) is 2.26. The standard InChI is InChI=1S/C10H10BrClO4/c11-4-8(13)9(14)5-1-2-6(10(15)16)7(12)3-5/h1-3,8-9,13-14H,4H2,(H,15,16). The van der Waals surface area contributed by atoms with Crippen LogP contribution in [0.25, 0.3) is 0 Å². The number of alkyl halides is 1. The summed E-state index contributed by atoms with van der Waals surface area (Å²) in [6, 6.07) is 4.05. The van der Waals surface area contributed by atoms with E-state index < -0.39 is 18.2 Å². The highest BCUT2D eigenvalue weighted by Crippen LogP contribution is 2.24. The molecular formula is C10H10BrClO4. The van der Waals surface area contributed by atoms with Crippen molar-refractivity contribution in [3.63, 3.8) is 0 Å².